The highest BCUT2D eigenvalue weighted by molar-refractivity contribution is 6.35. The van der Waals surface area contributed by atoms with Gasteiger partial charge in [0, 0.05) is 47.6 Å². The van der Waals surface area contributed by atoms with Gasteiger partial charge in [0.05, 0.1) is 18.6 Å². The molecule has 0 aromatic heterocycles. The summed E-state index contributed by atoms with van der Waals surface area (Å²) in [5.74, 6) is -0.501. The van der Waals surface area contributed by atoms with Crippen molar-refractivity contribution in [1.82, 2.24) is 4.90 Å². The first kappa shape index (κ1) is 19.5. The van der Waals surface area contributed by atoms with Gasteiger partial charge in [0.15, 0.2) is 0 Å². The van der Waals surface area contributed by atoms with Crippen molar-refractivity contribution >= 4 is 35.1 Å². The highest BCUT2D eigenvalue weighted by Crippen LogP contribution is 2.38. The molecule has 26 heavy (non-hydrogen) atoms. The summed E-state index contributed by atoms with van der Waals surface area (Å²) in [7, 11) is 0. The summed E-state index contributed by atoms with van der Waals surface area (Å²) in [4.78, 5) is 26.3. The van der Waals surface area contributed by atoms with E-state index < -0.39 is 12.0 Å². The molecule has 0 bridgehead atoms. The number of ether oxygens (including phenoxy) is 2. The zero-order valence-corrected chi connectivity index (χ0v) is 16.3. The maximum Gasteiger partial charge on any atom is 0.311 e. The summed E-state index contributed by atoms with van der Waals surface area (Å²) in [6, 6.07) is 5.20. The number of carbonyl (C=O) groups is 2. The second-order valence-electron chi connectivity index (χ2n) is 6.84. The van der Waals surface area contributed by atoms with Crippen LogP contribution in [0.1, 0.15) is 37.9 Å². The zero-order valence-electron chi connectivity index (χ0n) is 14.7. The molecule has 0 N–H and O–H groups in total. The van der Waals surface area contributed by atoms with Gasteiger partial charge in [-0.1, -0.05) is 29.3 Å². The maximum absolute atomic E-state index is 12.7. The molecule has 2 fully saturated rings. The van der Waals surface area contributed by atoms with E-state index in [1.165, 1.54) is 0 Å². The van der Waals surface area contributed by atoms with E-state index in [0.717, 1.165) is 12.0 Å². The summed E-state index contributed by atoms with van der Waals surface area (Å²) in [6.45, 7) is 4.13. The van der Waals surface area contributed by atoms with Gasteiger partial charge in [-0.15, -0.1) is 0 Å². The molecule has 2 aliphatic heterocycles. The fourth-order valence-electron chi connectivity index (χ4n) is 3.64. The Hall–Kier alpha value is -1.30. The van der Waals surface area contributed by atoms with E-state index in [2.05, 4.69) is 0 Å². The minimum atomic E-state index is -0.432. The number of amides is 1. The summed E-state index contributed by atoms with van der Waals surface area (Å²) in [6.07, 6.45) is 1.49. The Labute approximate surface area is 163 Å². The number of halogens is 2. The molecule has 5 nitrogen and oxygen atoms in total. The van der Waals surface area contributed by atoms with Crippen LogP contribution in [0.4, 0.5) is 0 Å². The molecule has 1 amide bonds. The number of likely N-dealkylation sites (tertiary alicyclic amines) is 1. The number of benzene rings is 1. The van der Waals surface area contributed by atoms with E-state index in [-0.39, 0.29) is 24.4 Å². The summed E-state index contributed by atoms with van der Waals surface area (Å²) >= 11 is 12.3. The predicted molar refractivity (Wildman–Crippen MR) is 99.2 cm³/mol. The molecule has 3 unspecified atom stereocenters. The minimum absolute atomic E-state index is 0.0634. The lowest BCUT2D eigenvalue weighted by atomic mass is 9.89. The van der Waals surface area contributed by atoms with Crippen LogP contribution in [-0.2, 0) is 19.1 Å². The van der Waals surface area contributed by atoms with E-state index in [1.54, 1.807) is 23.1 Å². The highest BCUT2D eigenvalue weighted by Gasteiger charge is 2.36. The molecule has 7 heteroatoms. The van der Waals surface area contributed by atoms with Gasteiger partial charge in [0.25, 0.3) is 0 Å². The average Bonchev–Trinajstić information content (AvgIpc) is 2.99. The zero-order chi connectivity index (χ0) is 18.7. The monoisotopic (exact) mass is 399 g/mol. The van der Waals surface area contributed by atoms with E-state index in [0.29, 0.717) is 42.6 Å². The molecule has 2 heterocycles. The molecule has 3 atom stereocenters. The summed E-state index contributed by atoms with van der Waals surface area (Å²) in [5, 5.41) is 1.03. The first-order chi connectivity index (χ1) is 12.5. The maximum atomic E-state index is 12.7. The normalized spacial score (nSPS) is 26.2. The molecule has 0 aliphatic carbocycles. The van der Waals surface area contributed by atoms with Crippen molar-refractivity contribution in [3.05, 3.63) is 33.8 Å². The van der Waals surface area contributed by atoms with Gasteiger partial charge in [0.1, 0.15) is 0 Å². The van der Waals surface area contributed by atoms with Crippen molar-refractivity contribution in [1.29, 1.82) is 0 Å². The molecule has 1 aromatic carbocycles. The van der Waals surface area contributed by atoms with E-state index in [4.69, 9.17) is 32.7 Å². The summed E-state index contributed by atoms with van der Waals surface area (Å²) in [5.41, 5.74) is 0.755. The van der Waals surface area contributed by atoms with Gasteiger partial charge < -0.3 is 14.4 Å². The number of nitrogens with zero attached hydrogens (tertiary/aromatic N) is 1. The van der Waals surface area contributed by atoms with Crippen LogP contribution in [0.25, 0.3) is 0 Å². The number of carbonyl (C=O) groups excluding carboxylic acids is 2. The van der Waals surface area contributed by atoms with E-state index in [1.807, 2.05) is 6.92 Å². The molecule has 142 valence electrons. The van der Waals surface area contributed by atoms with Gasteiger partial charge >= 0.3 is 5.97 Å². The van der Waals surface area contributed by atoms with Crippen LogP contribution < -0.4 is 0 Å². The van der Waals surface area contributed by atoms with Crippen molar-refractivity contribution in [3.8, 4) is 0 Å². The Balaban J connectivity index is 1.64. The quantitative estimate of drug-likeness (QED) is 0.705. The predicted octanol–water partition coefficient (Wildman–Crippen LogP) is 3.87. The SMILES string of the molecule is CCN1CC(COC(=O)C2CCCOC2c2ccc(Cl)cc2Cl)CC1=O. The van der Waals surface area contributed by atoms with E-state index in [9.17, 15) is 9.59 Å². The molecular weight excluding hydrogens is 377 g/mol. The second-order valence-corrected chi connectivity index (χ2v) is 7.68. The van der Waals surface area contributed by atoms with Crippen molar-refractivity contribution < 1.29 is 19.1 Å². The molecular formula is C19H23Cl2NO4. The van der Waals surface area contributed by atoms with Gasteiger partial charge in [-0.25, -0.2) is 0 Å². The molecule has 3 rings (SSSR count). The number of hydrogen-bond acceptors (Lipinski definition) is 4. The lowest BCUT2D eigenvalue weighted by Gasteiger charge is -2.31. The van der Waals surface area contributed by atoms with Crippen LogP contribution in [0.15, 0.2) is 18.2 Å². The van der Waals surface area contributed by atoms with Crippen LogP contribution in [-0.4, -0.2) is 43.1 Å². The molecule has 1 aromatic rings. The fourth-order valence-corrected chi connectivity index (χ4v) is 4.16. The largest absolute Gasteiger partial charge is 0.465 e. The molecule has 0 spiro atoms. The molecule has 0 radical (unpaired) electrons. The van der Waals surface area contributed by atoms with Crippen LogP contribution >= 0.6 is 23.2 Å². The van der Waals surface area contributed by atoms with Crippen molar-refractivity contribution in [2.75, 3.05) is 26.3 Å². The van der Waals surface area contributed by atoms with Crippen LogP contribution in [0.5, 0.6) is 0 Å². The van der Waals surface area contributed by atoms with Crippen LogP contribution in [0, 0.1) is 11.8 Å². The third kappa shape index (κ3) is 4.33. The Morgan fingerprint density at radius 1 is 1.38 bits per heavy atom. The third-order valence-corrected chi connectivity index (χ3v) is 5.59. The smallest absolute Gasteiger partial charge is 0.311 e. The minimum Gasteiger partial charge on any atom is -0.465 e. The highest BCUT2D eigenvalue weighted by atomic mass is 35.5. The van der Waals surface area contributed by atoms with Crippen molar-refractivity contribution in [3.63, 3.8) is 0 Å². The van der Waals surface area contributed by atoms with Gasteiger partial charge in [-0.2, -0.15) is 0 Å². The topological polar surface area (TPSA) is 55.8 Å². The van der Waals surface area contributed by atoms with Crippen LogP contribution in [0.3, 0.4) is 0 Å². The van der Waals surface area contributed by atoms with Gasteiger partial charge in [0.2, 0.25) is 5.91 Å². The lowest BCUT2D eigenvalue weighted by Crippen LogP contribution is -2.32. The van der Waals surface area contributed by atoms with Crippen LogP contribution in [0.2, 0.25) is 10.0 Å². The fraction of sp³-hybridized carbons (Fsp3) is 0.579. The number of esters is 1. The molecule has 2 saturated heterocycles. The van der Waals surface area contributed by atoms with Crippen molar-refractivity contribution in [2.24, 2.45) is 11.8 Å². The van der Waals surface area contributed by atoms with Gasteiger partial charge in [-0.05, 0) is 31.9 Å². The van der Waals surface area contributed by atoms with Gasteiger partial charge in [-0.3, -0.25) is 9.59 Å². The summed E-state index contributed by atoms with van der Waals surface area (Å²) < 4.78 is 11.4. The number of rotatable bonds is 5. The average molecular weight is 400 g/mol. The number of hydrogen-bond donors (Lipinski definition) is 0. The second kappa shape index (κ2) is 8.59. The first-order valence-corrected chi connectivity index (χ1v) is 9.76. The molecule has 0 saturated carbocycles. The Kier molecular flexibility index (Phi) is 6.43. The lowest BCUT2D eigenvalue weighted by molar-refractivity contribution is -0.160. The molecule has 2 aliphatic rings. The Bertz CT molecular complexity index is 682. The standard InChI is InChI=1S/C19H23Cl2NO4/c1-2-22-10-12(8-17(22)23)11-26-19(24)15-4-3-7-25-18(15)14-6-5-13(20)9-16(14)21/h5-6,9,12,15,18H,2-4,7-8,10-11H2,1H3. The van der Waals surface area contributed by atoms with E-state index >= 15 is 0 Å². The third-order valence-electron chi connectivity index (χ3n) is 5.03. The first-order valence-electron chi connectivity index (χ1n) is 9.00. The Morgan fingerprint density at radius 3 is 2.88 bits per heavy atom. The van der Waals surface area contributed by atoms with Crippen molar-refractivity contribution in [2.45, 2.75) is 32.3 Å². The Morgan fingerprint density at radius 2 is 2.19 bits per heavy atom.